The van der Waals surface area contributed by atoms with Crippen LogP contribution in [0.25, 0.3) is 10.9 Å². The van der Waals surface area contributed by atoms with Crippen LogP contribution < -0.4 is 15.4 Å². The normalized spacial score (nSPS) is 11.0. The number of hydrogen-bond donors (Lipinski definition) is 2. The van der Waals surface area contributed by atoms with Gasteiger partial charge >= 0.3 is 0 Å². The quantitative estimate of drug-likeness (QED) is 0.305. The number of aryl methyl sites for hydroxylation is 1. The number of nitrogens with zero attached hydrogens (tertiary/aromatic N) is 2. The summed E-state index contributed by atoms with van der Waals surface area (Å²) >= 11 is 0. The van der Waals surface area contributed by atoms with Gasteiger partial charge in [-0.3, -0.25) is 4.98 Å². The third kappa shape index (κ3) is 5.58. The second kappa shape index (κ2) is 10.8. The zero-order valence-corrected chi connectivity index (χ0v) is 18.9. The fraction of sp³-hybridized carbons (Fsp3) is 0.273. The topological polar surface area (TPSA) is 58.5 Å². The molecule has 1 aromatic heterocycles. The number of ether oxygens (including phenoxy) is 1. The Bertz CT molecular complexity index is 937. The smallest absolute Gasteiger partial charge is 0.191 e. The third-order valence-corrected chi connectivity index (χ3v) is 4.36. The Morgan fingerprint density at radius 2 is 1.89 bits per heavy atom. The van der Waals surface area contributed by atoms with Gasteiger partial charge in [0.05, 0.1) is 19.2 Å². The van der Waals surface area contributed by atoms with Crippen LogP contribution in [0.3, 0.4) is 0 Å². The Morgan fingerprint density at radius 1 is 1.07 bits per heavy atom. The Labute approximate surface area is 183 Å². The lowest BCUT2D eigenvalue weighted by molar-refractivity contribution is 0.409. The Hall–Kier alpha value is -2.35. The first-order valence-electron chi connectivity index (χ1n) is 9.19. The van der Waals surface area contributed by atoms with E-state index < -0.39 is 0 Å². The highest BCUT2D eigenvalue weighted by atomic mass is 127. The predicted molar refractivity (Wildman–Crippen MR) is 127 cm³/mol. The predicted octanol–water partition coefficient (Wildman–Crippen LogP) is 4.43. The molecule has 0 radical (unpaired) electrons. The number of benzene rings is 2. The summed E-state index contributed by atoms with van der Waals surface area (Å²) in [5.74, 6) is 1.64. The van der Waals surface area contributed by atoms with E-state index in [1.807, 2.05) is 18.3 Å². The van der Waals surface area contributed by atoms with Gasteiger partial charge in [0.15, 0.2) is 5.96 Å². The van der Waals surface area contributed by atoms with Crippen LogP contribution in [-0.4, -0.2) is 24.6 Å². The van der Waals surface area contributed by atoms with Crippen molar-refractivity contribution in [2.24, 2.45) is 4.99 Å². The number of pyridine rings is 1. The molecule has 3 rings (SSSR count). The molecule has 5 nitrogen and oxygen atoms in total. The minimum Gasteiger partial charge on any atom is -0.496 e. The number of rotatable bonds is 6. The molecule has 6 heteroatoms. The molecule has 3 aromatic rings. The van der Waals surface area contributed by atoms with Crippen LogP contribution >= 0.6 is 24.0 Å². The average molecular weight is 490 g/mol. The van der Waals surface area contributed by atoms with Gasteiger partial charge < -0.3 is 15.4 Å². The average Bonchev–Trinajstić information content (AvgIpc) is 2.70. The number of nitrogens with one attached hydrogen (secondary N) is 2. The number of para-hydroxylation sites is 1. The summed E-state index contributed by atoms with van der Waals surface area (Å²) in [6.07, 6.45) is 1.83. The van der Waals surface area contributed by atoms with Gasteiger partial charge in [-0.25, -0.2) is 4.99 Å². The lowest BCUT2D eigenvalue weighted by Gasteiger charge is -2.13. The van der Waals surface area contributed by atoms with Crippen molar-refractivity contribution in [2.75, 3.05) is 13.7 Å². The molecule has 0 aliphatic carbocycles. The van der Waals surface area contributed by atoms with Crippen molar-refractivity contribution in [3.63, 3.8) is 0 Å². The Kier molecular flexibility index (Phi) is 8.50. The number of aliphatic imine (C=N–C) groups is 1. The van der Waals surface area contributed by atoms with E-state index in [9.17, 15) is 0 Å². The highest BCUT2D eigenvalue weighted by Gasteiger charge is 2.06. The van der Waals surface area contributed by atoms with Gasteiger partial charge in [0.25, 0.3) is 0 Å². The second-order valence-electron chi connectivity index (χ2n) is 6.36. The molecule has 28 heavy (non-hydrogen) atoms. The van der Waals surface area contributed by atoms with Gasteiger partial charge in [-0.15, -0.1) is 24.0 Å². The van der Waals surface area contributed by atoms with E-state index in [0.29, 0.717) is 13.1 Å². The number of methoxy groups -OCH3 is 1. The Morgan fingerprint density at radius 3 is 2.68 bits per heavy atom. The van der Waals surface area contributed by atoms with Crippen LogP contribution in [0.4, 0.5) is 0 Å². The van der Waals surface area contributed by atoms with Gasteiger partial charge in [0, 0.05) is 30.2 Å². The van der Waals surface area contributed by atoms with E-state index in [-0.39, 0.29) is 24.0 Å². The van der Waals surface area contributed by atoms with Crippen molar-refractivity contribution >= 4 is 40.8 Å². The zero-order chi connectivity index (χ0) is 19.1. The van der Waals surface area contributed by atoms with E-state index in [0.717, 1.165) is 40.3 Å². The van der Waals surface area contributed by atoms with Crippen molar-refractivity contribution in [3.05, 3.63) is 71.4 Å². The molecular formula is C22H27IN4O. The SMILES string of the molecule is CCNC(=NCc1ccc(C)cc1OC)NCc1cccc2cccnc12.I. The molecule has 0 spiro atoms. The molecule has 0 unspecified atom stereocenters. The van der Waals surface area contributed by atoms with Gasteiger partial charge in [-0.05, 0) is 37.1 Å². The molecule has 0 bridgehead atoms. The molecule has 0 saturated heterocycles. The summed E-state index contributed by atoms with van der Waals surface area (Å²) in [6.45, 7) is 6.12. The summed E-state index contributed by atoms with van der Waals surface area (Å²) in [5, 5.41) is 7.85. The summed E-state index contributed by atoms with van der Waals surface area (Å²) in [6, 6.07) is 16.4. The number of halogens is 1. The number of aromatic nitrogens is 1. The van der Waals surface area contributed by atoms with Gasteiger partial charge in [-0.1, -0.05) is 36.4 Å². The van der Waals surface area contributed by atoms with Crippen molar-refractivity contribution in [1.29, 1.82) is 0 Å². The van der Waals surface area contributed by atoms with E-state index in [1.54, 1.807) is 7.11 Å². The highest BCUT2D eigenvalue weighted by molar-refractivity contribution is 14.0. The fourth-order valence-electron chi connectivity index (χ4n) is 2.98. The molecule has 2 N–H and O–H groups in total. The first-order chi connectivity index (χ1) is 13.2. The maximum Gasteiger partial charge on any atom is 0.191 e. The van der Waals surface area contributed by atoms with Crippen molar-refractivity contribution in [1.82, 2.24) is 15.6 Å². The molecule has 0 amide bonds. The molecule has 0 fully saturated rings. The summed E-state index contributed by atoms with van der Waals surface area (Å²) in [7, 11) is 1.69. The number of fused-ring (bicyclic) bond motifs is 1. The van der Waals surface area contributed by atoms with Crippen LogP contribution in [0.2, 0.25) is 0 Å². The van der Waals surface area contributed by atoms with E-state index in [4.69, 9.17) is 9.73 Å². The van der Waals surface area contributed by atoms with Crippen LogP contribution in [0.15, 0.2) is 59.7 Å². The highest BCUT2D eigenvalue weighted by Crippen LogP contribution is 2.20. The summed E-state index contributed by atoms with van der Waals surface area (Å²) in [4.78, 5) is 9.22. The van der Waals surface area contributed by atoms with Crippen LogP contribution in [0.5, 0.6) is 5.75 Å². The fourth-order valence-corrected chi connectivity index (χ4v) is 2.98. The minimum absolute atomic E-state index is 0. The zero-order valence-electron chi connectivity index (χ0n) is 16.5. The maximum absolute atomic E-state index is 5.48. The molecule has 2 aromatic carbocycles. The van der Waals surface area contributed by atoms with E-state index in [1.165, 1.54) is 5.56 Å². The summed E-state index contributed by atoms with van der Waals surface area (Å²) in [5.41, 5.74) is 4.40. The van der Waals surface area contributed by atoms with Crippen LogP contribution in [0.1, 0.15) is 23.6 Å². The van der Waals surface area contributed by atoms with Crippen molar-refractivity contribution in [3.8, 4) is 5.75 Å². The van der Waals surface area contributed by atoms with Gasteiger partial charge in [0.2, 0.25) is 0 Å². The van der Waals surface area contributed by atoms with Gasteiger partial charge in [0.1, 0.15) is 5.75 Å². The summed E-state index contributed by atoms with van der Waals surface area (Å²) < 4.78 is 5.48. The van der Waals surface area contributed by atoms with Gasteiger partial charge in [-0.2, -0.15) is 0 Å². The molecule has 0 aliphatic heterocycles. The van der Waals surface area contributed by atoms with Crippen LogP contribution in [0, 0.1) is 6.92 Å². The van der Waals surface area contributed by atoms with Crippen molar-refractivity contribution < 1.29 is 4.74 Å². The van der Waals surface area contributed by atoms with Crippen molar-refractivity contribution in [2.45, 2.75) is 26.9 Å². The lowest BCUT2D eigenvalue weighted by atomic mass is 10.1. The standard InChI is InChI=1S/C22H26N4O.HI/c1-4-23-22(25-14-18-11-10-16(2)13-20(18)27-3)26-15-19-8-5-7-17-9-6-12-24-21(17)19;/h5-13H,4,14-15H2,1-3H3,(H2,23,25,26);1H. The number of hydrogen-bond acceptors (Lipinski definition) is 3. The molecular weight excluding hydrogens is 463 g/mol. The third-order valence-electron chi connectivity index (χ3n) is 4.36. The lowest BCUT2D eigenvalue weighted by Crippen LogP contribution is -2.36. The monoisotopic (exact) mass is 490 g/mol. The van der Waals surface area contributed by atoms with Crippen LogP contribution in [-0.2, 0) is 13.1 Å². The Balaban J connectivity index is 0.00000280. The number of guanidine groups is 1. The largest absolute Gasteiger partial charge is 0.496 e. The van der Waals surface area contributed by atoms with E-state index in [2.05, 4.69) is 65.9 Å². The molecule has 0 saturated carbocycles. The molecule has 1 heterocycles. The van der Waals surface area contributed by atoms with E-state index >= 15 is 0 Å². The minimum atomic E-state index is 0. The molecule has 0 atom stereocenters. The second-order valence-corrected chi connectivity index (χ2v) is 6.36. The first kappa shape index (κ1) is 21.9. The molecule has 148 valence electrons. The molecule has 0 aliphatic rings. The first-order valence-corrected chi connectivity index (χ1v) is 9.19. The maximum atomic E-state index is 5.48.